The Morgan fingerprint density at radius 1 is 1.03 bits per heavy atom. The van der Waals surface area contributed by atoms with E-state index in [1.165, 1.54) is 0 Å². The molecule has 148 valence electrons. The van der Waals surface area contributed by atoms with E-state index < -0.39 is 0 Å². The molecule has 0 saturated heterocycles. The van der Waals surface area contributed by atoms with Crippen molar-refractivity contribution in [1.29, 1.82) is 0 Å². The zero-order chi connectivity index (χ0) is 20.7. The molecule has 1 atom stereocenters. The number of carbonyl (C=O) groups excluding carboxylic acids is 1. The minimum Gasteiger partial charge on any atom is -0.345 e. The van der Waals surface area contributed by atoms with Crippen LogP contribution >= 0.6 is 0 Å². The molecule has 0 fully saturated rings. The van der Waals surface area contributed by atoms with Crippen molar-refractivity contribution >= 4 is 16.8 Å². The van der Waals surface area contributed by atoms with Gasteiger partial charge in [0.2, 0.25) is 0 Å². The zero-order valence-electron chi connectivity index (χ0n) is 17.3. The highest BCUT2D eigenvalue weighted by molar-refractivity contribution is 6.07. The summed E-state index contributed by atoms with van der Waals surface area (Å²) in [6.45, 7) is 5.96. The molecule has 1 N–H and O–H groups in total. The fourth-order valence-electron chi connectivity index (χ4n) is 3.54. The van der Waals surface area contributed by atoms with Crippen molar-refractivity contribution < 1.29 is 4.79 Å². The summed E-state index contributed by atoms with van der Waals surface area (Å²) in [5.41, 5.74) is 6.07. The molecular formula is C22H24N6O. The summed E-state index contributed by atoms with van der Waals surface area (Å²) in [6.07, 6.45) is 3.59. The Hall–Kier alpha value is -3.48. The number of pyridine rings is 1. The fourth-order valence-corrected chi connectivity index (χ4v) is 3.54. The first-order valence-electron chi connectivity index (χ1n) is 9.55. The number of rotatable bonds is 4. The highest BCUT2D eigenvalue weighted by Crippen LogP contribution is 2.27. The summed E-state index contributed by atoms with van der Waals surface area (Å²) < 4.78 is 3.61. The summed E-state index contributed by atoms with van der Waals surface area (Å²) in [5.74, 6) is -0.137. The molecule has 0 aliphatic heterocycles. The van der Waals surface area contributed by atoms with Crippen LogP contribution in [-0.2, 0) is 14.1 Å². The van der Waals surface area contributed by atoms with E-state index in [0.29, 0.717) is 5.56 Å². The van der Waals surface area contributed by atoms with Crippen LogP contribution in [0.5, 0.6) is 0 Å². The predicted molar refractivity (Wildman–Crippen MR) is 113 cm³/mol. The van der Waals surface area contributed by atoms with Crippen LogP contribution in [0.25, 0.3) is 22.2 Å². The molecule has 0 aliphatic carbocycles. The lowest BCUT2D eigenvalue weighted by atomic mass is 10.0. The van der Waals surface area contributed by atoms with Gasteiger partial charge in [-0.25, -0.2) is 4.98 Å². The van der Waals surface area contributed by atoms with Crippen molar-refractivity contribution in [2.45, 2.75) is 26.8 Å². The van der Waals surface area contributed by atoms with Crippen LogP contribution in [-0.4, -0.2) is 30.5 Å². The van der Waals surface area contributed by atoms with E-state index in [1.807, 2.05) is 69.9 Å². The summed E-state index contributed by atoms with van der Waals surface area (Å²) in [5, 5.41) is 12.5. The largest absolute Gasteiger partial charge is 0.345 e. The Morgan fingerprint density at radius 2 is 1.72 bits per heavy atom. The Kier molecular flexibility index (Phi) is 4.66. The van der Waals surface area contributed by atoms with Crippen LogP contribution in [0.2, 0.25) is 0 Å². The van der Waals surface area contributed by atoms with E-state index in [1.54, 1.807) is 17.1 Å². The molecule has 3 aromatic heterocycles. The van der Waals surface area contributed by atoms with Crippen LogP contribution in [0, 0.1) is 13.8 Å². The molecule has 7 nitrogen and oxygen atoms in total. The monoisotopic (exact) mass is 388 g/mol. The molecule has 29 heavy (non-hydrogen) atoms. The van der Waals surface area contributed by atoms with Gasteiger partial charge in [-0.05, 0) is 32.9 Å². The van der Waals surface area contributed by atoms with E-state index >= 15 is 0 Å². The third kappa shape index (κ3) is 3.29. The van der Waals surface area contributed by atoms with Crippen molar-refractivity contribution in [1.82, 2.24) is 29.9 Å². The number of aryl methyl sites for hydroxylation is 2. The van der Waals surface area contributed by atoms with E-state index in [2.05, 4.69) is 15.5 Å². The van der Waals surface area contributed by atoms with Gasteiger partial charge in [-0.2, -0.15) is 10.2 Å². The van der Waals surface area contributed by atoms with Gasteiger partial charge in [-0.3, -0.25) is 14.2 Å². The van der Waals surface area contributed by atoms with E-state index in [4.69, 9.17) is 4.98 Å². The van der Waals surface area contributed by atoms with Crippen LogP contribution in [0.1, 0.15) is 40.3 Å². The van der Waals surface area contributed by atoms with E-state index in [0.717, 1.165) is 39.1 Å². The van der Waals surface area contributed by atoms with Gasteiger partial charge in [0, 0.05) is 42.0 Å². The van der Waals surface area contributed by atoms with E-state index in [9.17, 15) is 4.79 Å². The van der Waals surface area contributed by atoms with Gasteiger partial charge >= 0.3 is 0 Å². The summed E-state index contributed by atoms with van der Waals surface area (Å²) in [6, 6.07) is 9.40. The van der Waals surface area contributed by atoms with Crippen molar-refractivity contribution in [3.63, 3.8) is 0 Å². The van der Waals surface area contributed by atoms with Crippen molar-refractivity contribution in [2.75, 3.05) is 0 Å². The van der Waals surface area contributed by atoms with Crippen LogP contribution in [0.4, 0.5) is 0 Å². The Balaban J connectivity index is 1.76. The number of carbonyl (C=O) groups is 1. The number of benzene rings is 1. The van der Waals surface area contributed by atoms with Crippen LogP contribution in [0.15, 0.2) is 42.7 Å². The molecule has 0 aliphatic rings. The number of hydrogen-bond donors (Lipinski definition) is 1. The Morgan fingerprint density at radius 3 is 2.38 bits per heavy atom. The number of aromatic nitrogens is 5. The van der Waals surface area contributed by atoms with Gasteiger partial charge in [-0.15, -0.1) is 0 Å². The maximum atomic E-state index is 13.2. The van der Waals surface area contributed by atoms with Crippen molar-refractivity contribution in [3.05, 3.63) is 65.2 Å². The average Bonchev–Trinajstić information content (AvgIpc) is 3.22. The first-order valence-corrected chi connectivity index (χ1v) is 9.55. The van der Waals surface area contributed by atoms with Gasteiger partial charge in [0.25, 0.3) is 5.91 Å². The lowest BCUT2D eigenvalue weighted by Gasteiger charge is -2.15. The quantitative estimate of drug-likeness (QED) is 0.581. The number of amides is 1. The summed E-state index contributed by atoms with van der Waals surface area (Å²) in [7, 11) is 3.79. The molecule has 7 heteroatoms. The SMILES string of the molecule is Cc1c(-c2cc(C(=O)N[C@@H](C)c3cnn(C)c3C)c3ccccc3n2)cnn1C. The normalized spacial score (nSPS) is 12.3. The Labute approximate surface area is 169 Å². The smallest absolute Gasteiger partial charge is 0.252 e. The molecule has 0 unspecified atom stereocenters. The maximum Gasteiger partial charge on any atom is 0.252 e. The van der Waals surface area contributed by atoms with Gasteiger partial charge < -0.3 is 5.32 Å². The fraction of sp³-hybridized carbons (Fsp3) is 0.273. The second kappa shape index (κ2) is 7.16. The standard InChI is InChI=1S/C22H24N6O/c1-13(18-11-23-27(4)14(18)2)25-22(29)17-10-21(19-12-24-28(5)15(19)3)26-20-9-7-6-8-16(17)20/h6-13H,1-5H3,(H,25,29)/t13-/m0/s1. The number of para-hydroxylation sites is 1. The lowest BCUT2D eigenvalue weighted by molar-refractivity contribution is 0.0941. The second-order valence-electron chi connectivity index (χ2n) is 7.34. The minimum absolute atomic E-state index is 0.137. The second-order valence-corrected chi connectivity index (χ2v) is 7.34. The van der Waals surface area contributed by atoms with Crippen molar-refractivity contribution in [2.24, 2.45) is 14.1 Å². The molecule has 4 aromatic rings. The first kappa shape index (κ1) is 18.9. The van der Waals surface area contributed by atoms with Crippen LogP contribution in [0.3, 0.4) is 0 Å². The predicted octanol–water partition coefficient (Wildman–Crippen LogP) is 3.48. The molecule has 1 aromatic carbocycles. The molecule has 1 amide bonds. The molecule has 0 spiro atoms. The number of fused-ring (bicyclic) bond motifs is 1. The van der Waals surface area contributed by atoms with E-state index in [-0.39, 0.29) is 11.9 Å². The number of nitrogens with one attached hydrogen (secondary N) is 1. The van der Waals surface area contributed by atoms with Gasteiger partial charge in [0.05, 0.1) is 35.2 Å². The highest BCUT2D eigenvalue weighted by atomic mass is 16.1. The highest BCUT2D eigenvalue weighted by Gasteiger charge is 2.19. The summed E-state index contributed by atoms with van der Waals surface area (Å²) in [4.78, 5) is 18.0. The summed E-state index contributed by atoms with van der Waals surface area (Å²) >= 11 is 0. The molecule has 3 heterocycles. The molecule has 0 bridgehead atoms. The van der Waals surface area contributed by atoms with Gasteiger partial charge in [0.15, 0.2) is 0 Å². The average molecular weight is 388 g/mol. The first-order chi connectivity index (χ1) is 13.9. The topological polar surface area (TPSA) is 77.6 Å². The maximum absolute atomic E-state index is 13.2. The number of nitrogens with zero attached hydrogens (tertiary/aromatic N) is 5. The van der Waals surface area contributed by atoms with Gasteiger partial charge in [-0.1, -0.05) is 18.2 Å². The Bertz CT molecular complexity index is 1220. The zero-order valence-corrected chi connectivity index (χ0v) is 17.3. The molecule has 0 radical (unpaired) electrons. The molecule has 4 rings (SSSR count). The number of hydrogen-bond acceptors (Lipinski definition) is 4. The third-order valence-electron chi connectivity index (χ3n) is 5.56. The lowest BCUT2D eigenvalue weighted by Crippen LogP contribution is -2.27. The minimum atomic E-state index is -0.160. The molecular weight excluding hydrogens is 364 g/mol. The van der Waals surface area contributed by atoms with Crippen molar-refractivity contribution in [3.8, 4) is 11.3 Å². The molecule has 0 saturated carbocycles. The van der Waals surface area contributed by atoms with Crippen LogP contribution < -0.4 is 5.32 Å². The third-order valence-corrected chi connectivity index (χ3v) is 5.56. The van der Waals surface area contributed by atoms with Gasteiger partial charge in [0.1, 0.15) is 0 Å².